The Hall–Kier alpha value is -1.12. The largest absolute Gasteiger partial charge is 0.355 e. The average molecular weight is 177 g/mol. The lowest BCUT2D eigenvalue weighted by atomic mass is 10.2. The van der Waals surface area contributed by atoms with Gasteiger partial charge in [-0.25, -0.2) is 0 Å². The lowest BCUT2D eigenvalue weighted by molar-refractivity contribution is 0.726. The van der Waals surface area contributed by atoms with Gasteiger partial charge in [-0.05, 0) is 25.0 Å². The van der Waals surface area contributed by atoms with Gasteiger partial charge < -0.3 is 4.90 Å². The lowest BCUT2D eigenvalue weighted by Crippen LogP contribution is -2.24. The molecule has 1 aliphatic heterocycles. The van der Waals surface area contributed by atoms with Gasteiger partial charge in [0.05, 0.1) is 0 Å². The average Bonchev–Trinajstić information content (AvgIpc) is 2.47. The van der Waals surface area contributed by atoms with Crippen molar-refractivity contribution >= 4 is 5.82 Å². The van der Waals surface area contributed by atoms with Crippen LogP contribution < -0.4 is 4.90 Å². The van der Waals surface area contributed by atoms with Crippen LogP contribution in [0.3, 0.4) is 0 Å². The molecule has 13 heavy (non-hydrogen) atoms. The fraction of sp³-hybridized carbons (Fsp3) is 0.600. The standard InChI is InChI=1S/C10H15N3/c1-2-4-9-13(8-3-1)10-6-5-7-11-12-10/h5-7H,1-4,8-9H2. The zero-order valence-electron chi connectivity index (χ0n) is 7.82. The fourth-order valence-electron chi connectivity index (χ4n) is 1.76. The van der Waals surface area contributed by atoms with Crippen molar-refractivity contribution < 1.29 is 0 Å². The third-order valence-corrected chi connectivity index (χ3v) is 2.49. The number of anilines is 1. The monoisotopic (exact) mass is 177 g/mol. The van der Waals surface area contributed by atoms with Crippen molar-refractivity contribution in [3.8, 4) is 0 Å². The predicted octanol–water partition coefficient (Wildman–Crippen LogP) is 1.86. The smallest absolute Gasteiger partial charge is 0.151 e. The molecule has 3 heteroatoms. The first-order chi connectivity index (χ1) is 6.47. The second kappa shape index (κ2) is 4.21. The maximum Gasteiger partial charge on any atom is 0.151 e. The molecule has 0 amide bonds. The minimum atomic E-state index is 1.03. The first-order valence-corrected chi connectivity index (χ1v) is 4.99. The molecule has 70 valence electrons. The fourth-order valence-corrected chi connectivity index (χ4v) is 1.76. The van der Waals surface area contributed by atoms with Gasteiger partial charge in [-0.3, -0.25) is 0 Å². The first-order valence-electron chi connectivity index (χ1n) is 4.99. The van der Waals surface area contributed by atoms with E-state index in [1.54, 1.807) is 6.20 Å². The molecular formula is C10H15N3. The minimum Gasteiger partial charge on any atom is -0.355 e. The van der Waals surface area contributed by atoms with Crippen molar-refractivity contribution in [2.75, 3.05) is 18.0 Å². The quantitative estimate of drug-likeness (QED) is 0.655. The summed E-state index contributed by atoms with van der Waals surface area (Å²) >= 11 is 0. The van der Waals surface area contributed by atoms with Gasteiger partial charge >= 0.3 is 0 Å². The van der Waals surface area contributed by atoms with Crippen molar-refractivity contribution in [3.05, 3.63) is 18.3 Å². The Labute approximate surface area is 78.8 Å². The van der Waals surface area contributed by atoms with Crippen LogP contribution in [0.2, 0.25) is 0 Å². The van der Waals surface area contributed by atoms with Gasteiger partial charge in [0.2, 0.25) is 0 Å². The second-order valence-corrected chi connectivity index (χ2v) is 3.48. The zero-order valence-corrected chi connectivity index (χ0v) is 7.82. The molecule has 0 atom stereocenters. The highest BCUT2D eigenvalue weighted by Gasteiger charge is 2.09. The van der Waals surface area contributed by atoms with E-state index < -0.39 is 0 Å². The third-order valence-electron chi connectivity index (χ3n) is 2.49. The summed E-state index contributed by atoms with van der Waals surface area (Å²) < 4.78 is 0. The maximum atomic E-state index is 4.12. The SMILES string of the molecule is c1cnnc(N2CCCCCC2)c1. The molecule has 0 N–H and O–H groups in total. The Bertz CT molecular complexity index is 240. The lowest BCUT2D eigenvalue weighted by Gasteiger charge is -2.19. The van der Waals surface area contributed by atoms with E-state index in [0.717, 1.165) is 18.9 Å². The van der Waals surface area contributed by atoms with Crippen LogP contribution in [0.1, 0.15) is 25.7 Å². The van der Waals surface area contributed by atoms with Gasteiger partial charge in [-0.2, -0.15) is 5.10 Å². The highest BCUT2D eigenvalue weighted by Crippen LogP contribution is 2.15. The molecule has 0 radical (unpaired) electrons. The molecule has 1 aromatic rings. The predicted molar refractivity (Wildman–Crippen MR) is 52.7 cm³/mol. The van der Waals surface area contributed by atoms with Crippen molar-refractivity contribution in [2.24, 2.45) is 0 Å². The van der Waals surface area contributed by atoms with Gasteiger partial charge in [-0.15, -0.1) is 5.10 Å². The molecule has 0 bridgehead atoms. The molecule has 0 unspecified atom stereocenters. The van der Waals surface area contributed by atoms with Crippen LogP contribution >= 0.6 is 0 Å². The van der Waals surface area contributed by atoms with Crippen LogP contribution in [-0.4, -0.2) is 23.3 Å². The van der Waals surface area contributed by atoms with E-state index in [1.807, 2.05) is 12.1 Å². The van der Waals surface area contributed by atoms with Gasteiger partial charge in [0, 0.05) is 19.3 Å². The Balaban J connectivity index is 2.06. The normalized spacial score (nSPS) is 18.3. The van der Waals surface area contributed by atoms with Crippen molar-refractivity contribution in [3.63, 3.8) is 0 Å². The van der Waals surface area contributed by atoms with E-state index in [4.69, 9.17) is 0 Å². The summed E-state index contributed by atoms with van der Waals surface area (Å²) in [6.45, 7) is 2.28. The molecule has 1 fully saturated rings. The third kappa shape index (κ3) is 2.17. The van der Waals surface area contributed by atoms with E-state index in [2.05, 4.69) is 15.1 Å². The van der Waals surface area contributed by atoms with Crippen molar-refractivity contribution in [1.29, 1.82) is 0 Å². The highest BCUT2D eigenvalue weighted by molar-refractivity contribution is 5.36. The van der Waals surface area contributed by atoms with Gasteiger partial charge in [0.1, 0.15) is 0 Å². The van der Waals surface area contributed by atoms with E-state index >= 15 is 0 Å². The van der Waals surface area contributed by atoms with Crippen LogP contribution in [0.4, 0.5) is 5.82 Å². The van der Waals surface area contributed by atoms with E-state index in [9.17, 15) is 0 Å². The summed E-state index contributed by atoms with van der Waals surface area (Å²) in [6.07, 6.45) is 7.02. The molecule has 3 nitrogen and oxygen atoms in total. The van der Waals surface area contributed by atoms with Crippen LogP contribution in [0.25, 0.3) is 0 Å². The van der Waals surface area contributed by atoms with E-state index in [-0.39, 0.29) is 0 Å². The van der Waals surface area contributed by atoms with E-state index in [1.165, 1.54) is 25.7 Å². The van der Waals surface area contributed by atoms with Crippen LogP contribution in [-0.2, 0) is 0 Å². The molecule has 0 aromatic carbocycles. The topological polar surface area (TPSA) is 29.0 Å². The van der Waals surface area contributed by atoms with Crippen LogP contribution in [0.5, 0.6) is 0 Å². The number of aromatic nitrogens is 2. The molecule has 0 saturated carbocycles. The molecule has 2 heterocycles. The molecule has 1 saturated heterocycles. The molecule has 2 rings (SSSR count). The van der Waals surface area contributed by atoms with Gasteiger partial charge in [0.25, 0.3) is 0 Å². The zero-order chi connectivity index (χ0) is 8.93. The molecular weight excluding hydrogens is 162 g/mol. The van der Waals surface area contributed by atoms with Gasteiger partial charge in [-0.1, -0.05) is 12.8 Å². The maximum absolute atomic E-state index is 4.12. The molecule has 1 aliphatic rings. The highest BCUT2D eigenvalue weighted by atomic mass is 15.3. The van der Waals surface area contributed by atoms with Crippen LogP contribution in [0, 0.1) is 0 Å². The van der Waals surface area contributed by atoms with Crippen molar-refractivity contribution in [1.82, 2.24) is 10.2 Å². The second-order valence-electron chi connectivity index (χ2n) is 3.48. The first kappa shape index (κ1) is 8.48. The minimum absolute atomic E-state index is 1.03. The van der Waals surface area contributed by atoms with Crippen LogP contribution in [0.15, 0.2) is 18.3 Å². The Morgan fingerprint density at radius 1 is 1.08 bits per heavy atom. The summed E-state index contributed by atoms with van der Waals surface area (Å²) in [4.78, 5) is 2.33. The van der Waals surface area contributed by atoms with Gasteiger partial charge in [0.15, 0.2) is 5.82 Å². The van der Waals surface area contributed by atoms with Crippen molar-refractivity contribution in [2.45, 2.75) is 25.7 Å². The number of nitrogens with zero attached hydrogens (tertiary/aromatic N) is 3. The van der Waals surface area contributed by atoms with E-state index in [0.29, 0.717) is 0 Å². The summed E-state index contributed by atoms with van der Waals surface area (Å²) in [5.41, 5.74) is 0. The number of hydrogen-bond donors (Lipinski definition) is 0. The Kier molecular flexibility index (Phi) is 2.75. The molecule has 0 spiro atoms. The number of hydrogen-bond acceptors (Lipinski definition) is 3. The summed E-state index contributed by atoms with van der Waals surface area (Å²) in [6, 6.07) is 3.99. The number of rotatable bonds is 1. The Morgan fingerprint density at radius 3 is 2.46 bits per heavy atom. The molecule has 0 aliphatic carbocycles. The summed E-state index contributed by atoms with van der Waals surface area (Å²) in [5.74, 6) is 1.03. The Morgan fingerprint density at radius 2 is 1.85 bits per heavy atom. The molecule has 1 aromatic heterocycles. The summed E-state index contributed by atoms with van der Waals surface area (Å²) in [5, 5.41) is 8.02. The summed E-state index contributed by atoms with van der Waals surface area (Å²) in [7, 11) is 0.